The number of hydrogen-bond acceptors (Lipinski definition) is 5. The predicted octanol–water partition coefficient (Wildman–Crippen LogP) is 2.98. The number of thioether (sulfide) groups is 1. The van der Waals surface area contributed by atoms with Crippen molar-refractivity contribution in [2.75, 3.05) is 6.61 Å². The maximum atomic E-state index is 11.1. The Morgan fingerprint density at radius 3 is 2.60 bits per heavy atom. The normalized spacial score (nSPS) is 12.3. The summed E-state index contributed by atoms with van der Waals surface area (Å²) in [4.78, 5) is 11.1. The Balaban J connectivity index is 2.45. The van der Waals surface area contributed by atoms with Crippen molar-refractivity contribution in [3.8, 4) is 5.88 Å². The van der Waals surface area contributed by atoms with E-state index in [1.165, 1.54) is 11.8 Å². The van der Waals surface area contributed by atoms with Crippen molar-refractivity contribution in [3.63, 3.8) is 0 Å². The first-order valence-electron chi connectivity index (χ1n) is 6.45. The minimum atomic E-state index is -0.836. The van der Waals surface area contributed by atoms with Crippen molar-refractivity contribution in [3.05, 3.63) is 24.3 Å². The molecule has 0 fully saturated rings. The zero-order chi connectivity index (χ0) is 14.5. The van der Waals surface area contributed by atoms with Crippen LogP contribution >= 0.6 is 11.8 Å². The second-order valence-corrected chi connectivity index (χ2v) is 5.33. The third kappa shape index (κ3) is 3.01. The molecule has 2 aromatic rings. The maximum absolute atomic E-state index is 11.1. The second-order valence-electron chi connectivity index (χ2n) is 4.14. The highest BCUT2D eigenvalue weighted by Crippen LogP contribution is 2.33. The van der Waals surface area contributed by atoms with Gasteiger partial charge in [-0.2, -0.15) is 0 Å². The number of carboxylic acid groups (broad SMARTS) is 1. The minimum Gasteiger partial charge on any atom is -0.480 e. The molecule has 1 unspecified atom stereocenters. The van der Waals surface area contributed by atoms with Gasteiger partial charge in [0.15, 0.2) is 0 Å². The zero-order valence-corrected chi connectivity index (χ0v) is 12.2. The number of nitrogens with zero attached hydrogens (tertiary/aromatic N) is 2. The van der Waals surface area contributed by atoms with Gasteiger partial charge in [0.2, 0.25) is 5.88 Å². The molecule has 0 spiro atoms. The van der Waals surface area contributed by atoms with Crippen LogP contribution in [-0.2, 0) is 4.79 Å². The molecule has 0 aliphatic carbocycles. The fraction of sp³-hybridized carbons (Fsp3) is 0.357. The lowest BCUT2D eigenvalue weighted by Gasteiger charge is -2.12. The van der Waals surface area contributed by atoms with Gasteiger partial charge < -0.3 is 9.84 Å². The average Bonchev–Trinajstić information content (AvgIpc) is 2.46. The highest BCUT2D eigenvalue weighted by molar-refractivity contribution is 8.00. The van der Waals surface area contributed by atoms with E-state index in [9.17, 15) is 4.79 Å². The number of ether oxygens (including phenoxy) is 1. The molecule has 1 aromatic heterocycles. The SMILES string of the molecule is CCOc1nnc(SC(CC)C(=O)O)c2ccccc12. The molecule has 0 bridgehead atoms. The monoisotopic (exact) mass is 292 g/mol. The van der Waals surface area contributed by atoms with E-state index in [0.717, 1.165) is 10.8 Å². The number of aromatic nitrogens is 2. The molecule has 0 aliphatic heterocycles. The van der Waals surface area contributed by atoms with Gasteiger partial charge in [-0.05, 0) is 19.4 Å². The molecule has 106 valence electrons. The fourth-order valence-corrected chi connectivity index (χ4v) is 2.76. The van der Waals surface area contributed by atoms with E-state index < -0.39 is 11.2 Å². The molecule has 0 aliphatic rings. The molecule has 1 atom stereocenters. The van der Waals surface area contributed by atoms with Crippen molar-refractivity contribution in [1.82, 2.24) is 10.2 Å². The van der Waals surface area contributed by atoms with E-state index in [1.807, 2.05) is 38.1 Å². The summed E-state index contributed by atoms with van der Waals surface area (Å²) < 4.78 is 5.45. The van der Waals surface area contributed by atoms with E-state index in [0.29, 0.717) is 23.9 Å². The predicted molar refractivity (Wildman–Crippen MR) is 78.3 cm³/mol. The first-order valence-corrected chi connectivity index (χ1v) is 7.33. The number of fused-ring (bicyclic) bond motifs is 1. The van der Waals surface area contributed by atoms with Crippen LogP contribution in [0.25, 0.3) is 10.8 Å². The number of rotatable bonds is 6. The number of aliphatic carboxylic acids is 1. The largest absolute Gasteiger partial charge is 0.480 e. The second kappa shape index (κ2) is 6.56. The molecular weight excluding hydrogens is 276 g/mol. The molecule has 6 heteroatoms. The Labute approximate surface area is 121 Å². The summed E-state index contributed by atoms with van der Waals surface area (Å²) >= 11 is 1.22. The Morgan fingerprint density at radius 1 is 1.30 bits per heavy atom. The molecule has 20 heavy (non-hydrogen) atoms. The number of hydrogen-bond donors (Lipinski definition) is 1. The van der Waals surface area contributed by atoms with Gasteiger partial charge in [0, 0.05) is 10.8 Å². The summed E-state index contributed by atoms with van der Waals surface area (Å²) in [5, 5.41) is 19.2. The highest BCUT2D eigenvalue weighted by atomic mass is 32.2. The molecule has 2 rings (SSSR count). The number of benzene rings is 1. The van der Waals surface area contributed by atoms with Gasteiger partial charge in [-0.3, -0.25) is 4.79 Å². The lowest BCUT2D eigenvalue weighted by molar-refractivity contribution is -0.136. The fourth-order valence-electron chi connectivity index (χ4n) is 1.83. The van der Waals surface area contributed by atoms with Crippen LogP contribution in [0.2, 0.25) is 0 Å². The molecule has 1 heterocycles. The van der Waals surface area contributed by atoms with Crippen LogP contribution in [0, 0.1) is 0 Å². The molecule has 1 N–H and O–H groups in total. The third-order valence-corrected chi connectivity index (χ3v) is 4.15. The smallest absolute Gasteiger partial charge is 0.317 e. The van der Waals surface area contributed by atoms with Gasteiger partial charge in [0.25, 0.3) is 0 Å². The van der Waals surface area contributed by atoms with Gasteiger partial charge in [0.1, 0.15) is 10.3 Å². The summed E-state index contributed by atoms with van der Waals surface area (Å²) in [6.45, 7) is 4.24. The van der Waals surface area contributed by atoms with Gasteiger partial charge in [-0.25, -0.2) is 0 Å². The van der Waals surface area contributed by atoms with Gasteiger partial charge in [0.05, 0.1) is 6.61 Å². The standard InChI is InChI=1S/C14H16N2O3S/c1-3-11(14(17)18)20-13-10-8-6-5-7-9(10)12(15-16-13)19-4-2/h5-8,11H,3-4H2,1-2H3,(H,17,18). The van der Waals surface area contributed by atoms with E-state index in [4.69, 9.17) is 9.84 Å². The molecule has 0 saturated heterocycles. The molecular formula is C14H16N2O3S. The van der Waals surface area contributed by atoms with Crippen LogP contribution in [0.1, 0.15) is 20.3 Å². The van der Waals surface area contributed by atoms with Crippen LogP contribution in [0.5, 0.6) is 5.88 Å². The zero-order valence-electron chi connectivity index (χ0n) is 11.4. The average molecular weight is 292 g/mol. The lowest BCUT2D eigenvalue weighted by atomic mass is 10.2. The summed E-state index contributed by atoms with van der Waals surface area (Å²) in [7, 11) is 0. The van der Waals surface area contributed by atoms with Crippen LogP contribution in [0.3, 0.4) is 0 Å². The summed E-state index contributed by atoms with van der Waals surface area (Å²) in [5.74, 6) is -0.354. The molecule has 1 aromatic carbocycles. The Kier molecular flexibility index (Phi) is 4.79. The van der Waals surface area contributed by atoms with Crippen molar-refractivity contribution >= 4 is 28.5 Å². The van der Waals surface area contributed by atoms with E-state index in [-0.39, 0.29) is 0 Å². The quantitative estimate of drug-likeness (QED) is 0.825. The molecule has 5 nitrogen and oxygen atoms in total. The van der Waals surface area contributed by atoms with E-state index >= 15 is 0 Å². The van der Waals surface area contributed by atoms with Gasteiger partial charge >= 0.3 is 5.97 Å². The van der Waals surface area contributed by atoms with Crippen molar-refractivity contribution in [2.45, 2.75) is 30.5 Å². The van der Waals surface area contributed by atoms with E-state index in [1.54, 1.807) is 0 Å². The van der Waals surface area contributed by atoms with Crippen molar-refractivity contribution < 1.29 is 14.6 Å². The Bertz CT molecular complexity index is 618. The number of carboxylic acids is 1. The first-order chi connectivity index (χ1) is 9.67. The van der Waals surface area contributed by atoms with Crippen LogP contribution in [-0.4, -0.2) is 33.1 Å². The van der Waals surface area contributed by atoms with Crippen LogP contribution in [0.15, 0.2) is 29.3 Å². The highest BCUT2D eigenvalue weighted by Gasteiger charge is 2.20. The van der Waals surface area contributed by atoms with Crippen molar-refractivity contribution in [1.29, 1.82) is 0 Å². The van der Waals surface area contributed by atoms with E-state index in [2.05, 4.69) is 10.2 Å². The first kappa shape index (κ1) is 14.6. The molecule has 0 amide bonds. The summed E-state index contributed by atoms with van der Waals surface area (Å²) in [5.41, 5.74) is 0. The number of carbonyl (C=O) groups is 1. The minimum absolute atomic E-state index is 0.482. The van der Waals surface area contributed by atoms with Crippen LogP contribution < -0.4 is 4.74 Å². The van der Waals surface area contributed by atoms with Crippen LogP contribution in [0.4, 0.5) is 0 Å². The third-order valence-electron chi connectivity index (χ3n) is 2.80. The Morgan fingerprint density at radius 2 is 2.00 bits per heavy atom. The topological polar surface area (TPSA) is 72.3 Å². The summed E-state index contributed by atoms with van der Waals surface area (Å²) in [6.07, 6.45) is 0.531. The van der Waals surface area contributed by atoms with Crippen molar-refractivity contribution in [2.24, 2.45) is 0 Å². The molecule has 0 radical (unpaired) electrons. The Hall–Kier alpha value is -1.82. The maximum Gasteiger partial charge on any atom is 0.317 e. The van der Waals surface area contributed by atoms with Gasteiger partial charge in [-0.15, -0.1) is 10.2 Å². The lowest BCUT2D eigenvalue weighted by Crippen LogP contribution is -2.15. The summed E-state index contributed by atoms with van der Waals surface area (Å²) in [6, 6.07) is 7.60. The molecule has 0 saturated carbocycles. The van der Waals surface area contributed by atoms with Gasteiger partial charge in [-0.1, -0.05) is 36.9 Å².